The Balaban J connectivity index is 1.54. The van der Waals surface area contributed by atoms with Gasteiger partial charge in [0.15, 0.2) is 23.5 Å². The molecule has 0 bridgehead atoms. The molecule has 4 heterocycles. The second kappa shape index (κ2) is 17.9. The zero-order valence-electron chi connectivity index (χ0n) is 35.4. The summed E-state index contributed by atoms with van der Waals surface area (Å²) in [5, 5.41) is 2.51. The highest BCUT2D eigenvalue weighted by Crippen LogP contribution is 2.63. The Morgan fingerprint density at radius 2 is 1.57 bits per heavy atom. The van der Waals surface area contributed by atoms with Crippen LogP contribution in [-0.4, -0.2) is 111 Å². The quantitative estimate of drug-likeness (QED) is 0.0707. The van der Waals surface area contributed by atoms with E-state index in [9.17, 15) is 18.9 Å². The fourth-order valence-corrected chi connectivity index (χ4v) is 9.64. The molecular formula is C38H59ClN5O13P. The predicted octanol–water partition coefficient (Wildman–Crippen LogP) is 7.25. The number of halogens is 1. The van der Waals surface area contributed by atoms with E-state index in [1.165, 1.54) is 15.8 Å². The first-order valence-corrected chi connectivity index (χ1v) is 21.9. The van der Waals surface area contributed by atoms with Crippen LogP contribution in [0.3, 0.4) is 0 Å². The van der Waals surface area contributed by atoms with Crippen molar-refractivity contribution in [3.8, 4) is 0 Å². The molecular weight excluding hydrogens is 801 g/mol. The lowest BCUT2D eigenvalue weighted by molar-refractivity contribution is -0.208. The van der Waals surface area contributed by atoms with Crippen LogP contribution >= 0.6 is 19.2 Å². The summed E-state index contributed by atoms with van der Waals surface area (Å²) in [5.74, 6) is -2.58. The van der Waals surface area contributed by atoms with E-state index in [4.69, 9.17) is 53.8 Å². The molecule has 5 rings (SSSR count). The van der Waals surface area contributed by atoms with Crippen LogP contribution in [0.2, 0.25) is 5.28 Å². The molecule has 0 N–H and O–H groups in total. The lowest BCUT2D eigenvalue weighted by Gasteiger charge is -2.37. The van der Waals surface area contributed by atoms with Gasteiger partial charge in [0.2, 0.25) is 5.28 Å². The number of amides is 1. The molecule has 2 aromatic heterocycles. The van der Waals surface area contributed by atoms with Gasteiger partial charge in [-0.3, -0.25) is 14.3 Å². The number of carbonyl (C=O) groups is 3. The van der Waals surface area contributed by atoms with Gasteiger partial charge in [-0.25, -0.2) is 14.3 Å². The lowest BCUT2D eigenvalue weighted by atomic mass is 10.1. The maximum atomic E-state index is 14.7. The normalized spacial score (nSPS) is 23.4. The Labute approximate surface area is 344 Å². The van der Waals surface area contributed by atoms with Gasteiger partial charge >= 0.3 is 25.6 Å². The highest BCUT2D eigenvalue weighted by molar-refractivity contribution is 7.56. The SMILES string of the molecule is CCOC(=O)C(CCC(=O)OC(C)(C)C)(OC[C@H]1O[C@@H](n2ncc3c(N(C(=O)OC(C)(C)C)C4CCCC4)nc(Cl)nc32)[C@@H]2OC(C)(C)O[C@@H]21)P(=O)(OCC)OCC. The number of nitrogens with zero attached hydrogens (tertiary/aromatic N) is 5. The van der Waals surface area contributed by atoms with Gasteiger partial charge in [-0.2, -0.15) is 15.1 Å². The van der Waals surface area contributed by atoms with Crippen LogP contribution in [0.25, 0.3) is 11.0 Å². The number of rotatable bonds is 16. The number of hydrogen-bond donors (Lipinski definition) is 0. The van der Waals surface area contributed by atoms with Crippen molar-refractivity contribution in [2.24, 2.45) is 0 Å². The predicted molar refractivity (Wildman–Crippen MR) is 210 cm³/mol. The average Bonchev–Trinajstić information content (AvgIpc) is 3.88. The number of ether oxygens (including phenoxy) is 7. The zero-order valence-corrected chi connectivity index (χ0v) is 37.1. The maximum Gasteiger partial charge on any atom is 0.416 e. The summed E-state index contributed by atoms with van der Waals surface area (Å²) in [5.41, 5.74) is -1.36. The van der Waals surface area contributed by atoms with E-state index >= 15 is 0 Å². The molecule has 326 valence electrons. The van der Waals surface area contributed by atoms with Crippen molar-refractivity contribution in [2.75, 3.05) is 31.3 Å². The summed E-state index contributed by atoms with van der Waals surface area (Å²) < 4.78 is 70.1. The number of aromatic nitrogens is 4. The molecule has 2 aliphatic heterocycles. The monoisotopic (exact) mass is 859 g/mol. The van der Waals surface area contributed by atoms with Gasteiger partial charge in [0.05, 0.1) is 38.0 Å². The van der Waals surface area contributed by atoms with Crippen LogP contribution in [0.4, 0.5) is 10.6 Å². The zero-order chi connectivity index (χ0) is 42.8. The Morgan fingerprint density at radius 1 is 0.948 bits per heavy atom. The second-order valence-corrected chi connectivity index (χ2v) is 19.4. The van der Waals surface area contributed by atoms with Crippen LogP contribution in [-0.2, 0) is 56.4 Å². The molecule has 18 nitrogen and oxygen atoms in total. The molecule has 2 aromatic rings. The van der Waals surface area contributed by atoms with Crippen molar-refractivity contribution in [1.82, 2.24) is 19.7 Å². The lowest BCUT2D eigenvalue weighted by Crippen LogP contribution is -2.47. The molecule has 2 saturated heterocycles. The number of carbonyl (C=O) groups excluding carboxylic acids is 3. The number of esters is 2. The van der Waals surface area contributed by atoms with Crippen LogP contribution in [0.15, 0.2) is 6.20 Å². The van der Waals surface area contributed by atoms with Crippen LogP contribution in [0.1, 0.15) is 121 Å². The third kappa shape index (κ3) is 10.1. The summed E-state index contributed by atoms with van der Waals surface area (Å²) in [6.45, 7) is 18.0. The Bertz CT molecular complexity index is 1830. The van der Waals surface area contributed by atoms with Gasteiger partial charge in [-0.1, -0.05) is 12.8 Å². The second-order valence-electron chi connectivity index (χ2n) is 16.8. The summed E-state index contributed by atoms with van der Waals surface area (Å²) in [6, 6.07) is -0.187. The topological polar surface area (TPSA) is 198 Å². The van der Waals surface area contributed by atoms with Gasteiger partial charge in [-0.15, -0.1) is 0 Å². The van der Waals surface area contributed by atoms with Crippen molar-refractivity contribution in [3.05, 3.63) is 11.5 Å². The van der Waals surface area contributed by atoms with Crippen LogP contribution < -0.4 is 4.90 Å². The smallest absolute Gasteiger partial charge is 0.416 e. The molecule has 0 aromatic carbocycles. The molecule has 1 aliphatic carbocycles. The summed E-state index contributed by atoms with van der Waals surface area (Å²) in [4.78, 5) is 51.4. The maximum absolute atomic E-state index is 14.7. The number of fused-ring (bicyclic) bond motifs is 2. The number of hydrogen-bond acceptors (Lipinski definition) is 16. The van der Waals surface area contributed by atoms with E-state index in [0.29, 0.717) is 5.39 Å². The number of anilines is 1. The molecule has 5 atom stereocenters. The van der Waals surface area contributed by atoms with Crippen LogP contribution in [0, 0.1) is 0 Å². The Kier molecular flexibility index (Phi) is 14.3. The summed E-state index contributed by atoms with van der Waals surface area (Å²) in [7, 11) is -4.54. The van der Waals surface area contributed by atoms with E-state index < -0.39 is 91.9 Å². The van der Waals surface area contributed by atoms with E-state index in [1.54, 1.807) is 76.2 Å². The van der Waals surface area contributed by atoms with E-state index in [2.05, 4.69) is 15.1 Å². The summed E-state index contributed by atoms with van der Waals surface area (Å²) in [6.07, 6.45) is -0.177. The van der Waals surface area contributed by atoms with Crippen molar-refractivity contribution in [2.45, 2.75) is 168 Å². The van der Waals surface area contributed by atoms with Crippen LogP contribution in [0.5, 0.6) is 0 Å². The molecule has 1 amide bonds. The van der Waals surface area contributed by atoms with Gasteiger partial charge in [0.1, 0.15) is 29.5 Å². The van der Waals surface area contributed by atoms with Gasteiger partial charge in [0.25, 0.3) is 5.34 Å². The van der Waals surface area contributed by atoms with Gasteiger partial charge in [0, 0.05) is 18.9 Å². The highest BCUT2D eigenvalue weighted by atomic mass is 35.5. The first-order chi connectivity index (χ1) is 27.1. The molecule has 1 unspecified atom stereocenters. The van der Waals surface area contributed by atoms with E-state index in [0.717, 1.165) is 25.7 Å². The minimum absolute atomic E-state index is 0.0998. The van der Waals surface area contributed by atoms with Crippen molar-refractivity contribution in [3.63, 3.8) is 0 Å². The summed E-state index contributed by atoms with van der Waals surface area (Å²) >= 11 is 6.58. The van der Waals surface area contributed by atoms with Gasteiger partial charge in [-0.05, 0) is 101 Å². The molecule has 1 saturated carbocycles. The third-order valence-electron chi connectivity index (χ3n) is 9.49. The first kappa shape index (κ1) is 46.1. The molecule has 20 heteroatoms. The van der Waals surface area contributed by atoms with E-state index in [1.807, 2.05) is 0 Å². The minimum Gasteiger partial charge on any atom is -0.463 e. The Morgan fingerprint density at radius 3 is 2.16 bits per heavy atom. The minimum atomic E-state index is -4.54. The van der Waals surface area contributed by atoms with E-state index in [-0.39, 0.29) is 42.6 Å². The van der Waals surface area contributed by atoms with Crippen molar-refractivity contribution >= 4 is 54.1 Å². The molecule has 58 heavy (non-hydrogen) atoms. The first-order valence-electron chi connectivity index (χ1n) is 19.9. The molecule has 3 fully saturated rings. The third-order valence-corrected chi connectivity index (χ3v) is 12.3. The molecule has 0 radical (unpaired) electrons. The fourth-order valence-electron chi connectivity index (χ4n) is 7.40. The van der Waals surface area contributed by atoms with Gasteiger partial charge < -0.3 is 42.2 Å². The van der Waals surface area contributed by atoms with Crippen molar-refractivity contribution < 1.29 is 61.2 Å². The largest absolute Gasteiger partial charge is 0.463 e. The highest BCUT2D eigenvalue weighted by Gasteiger charge is 2.62. The molecule has 0 spiro atoms. The fraction of sp³-hybridized carbons (Fsp3) is 0.789. The average molecular weight is 860 g/mol. The Hall–Kier alpha value is -2.96. The van der Waals surface area contributed by atoms with Crippen molar-refractivity contribution in [1.29, 1.82) is 0 Å². The standard InChI is InChI=1S/C38H59ClN5O13P/c1-12-49-32(46)38(58(48,51-13-2)52-14-3,20-19-26(45)54-35(4,5)6)50-22-25-27-28(56-37(10,11)55-27)31(53-25)44-30-24(21-40-44)29(41-33(39)42-30)43(23-17-15-16-18-23)34(47)57-36(7,8)9/h21,23,25,27-28,31H,12-20,22H2,1-11H3/t25-,27-,28-,31-,38?/m1/s1. The molecule has 3 aliphatic rings.